The van der Waals surface area contributed by atoms with Crippen LogP contribution in [0.2, 0.25) is 0 Å². The van der Waals surface area contributed by atoms with E-state index in [0.717, 1.165) is 32.4 Å². The van der Waals surface area contributed by atoms with Crippen molar-refractivity contribution in [1.29, 1.82) is 0 Å². The van der Waals surface area contributed by atoms with E-state index in [1.165, 1.54) is 0 Å². The van der Waals surface area contributed by atoms with E-state index < -0.39 is 5.91 Å². The van der Waals surface area contributed by atoms with Crippen molar-refractivity contribution in [2.75, 3.05) is 7.11 Å². The first-order chi connectivity index (χ1) is 11.9. The highest BCUT2D eigenvalue weighted by molar-refractivity contribution is 9.10. The van der Waals surface area contributed by atoms with Gasteiger partial charge >= 0.3 is 0 Å². The summed E-state index contributed by atoms with van der Waals surface area (Å²) in [4.78, 5) is 15.3. The highest BCUT2D eigenvalue weighted by atomic mass is 79.9. The Kier molecular flexibility index (Phi) is 4.72. The lowest BCUT2D eigenvalue weighted by Gasteiger charge is -2.12. The van der Waals surface area contributed by atoms with Crippen LogP contribution in [0, 0.1) is 13.8 Å². The van der Waals surface area contributed by atoms with Crippen molar-refractivity contribution in [3.05, 3.63) is 57.2 Å². The molecule has 0 bridgehead atoms. The van der Waals surface area contributed by atoms with Gasteiger partial charge in [0.2, 0.25) is 0 Å². The van der Waals surface area contributed by atoms with Crippen LogP contribution in [0.25, 0.3) is 10.9 Å². The summed E-state index contributed by atoms with van der Waals surface area (Å²) in [7, 11) is 1.62. The molecule has 0 fully saturated rings. The number of fused-ring (bicyclic) bond motifs is 1. The molecule has 130 valence electrons. The van der Waals surface area contributed by atoms with Gasteiger partial charge in [0.05, 0.1) is 12.6 Å². The highest BCUT2D eigenvalue weighted by Crippen LogP contribution is 2.37. The Morgan fingerprint density at radius 3 is 2.52 bits per heavy atom. The third-order valence-electron chi connectivity index (χ3n) is 4.29. The SMILES string of the molecule is COc1ccc(COc2cc(Br)c3c(C)c(C)[nH]c3c2C(N)=O)cc1. The van der Waals surface area contributed by atoms with Crippen LogP contribution in [0.5, 0.6) is 11.5 Å². The van der Waals surface area contributed by atoms with Gasteiger partial charge in [0.25, 0.3) is 5.91 Å². The van der Waals surface area contributed by atoms with E-state index in [-0.39, 0.29) is 0 Å². The number of ether oxygens (including phenoxy) is 2. The second-order valence-corrected chi connectivity index (χ2v) is 6.71. The minimum Gasteiger partial charge on any atom is -0.497 e. The zero-order valence-corrected chi connectivity index (χ0v) is 15.9. The molecule has 3 N–H and O–H groups in total. The summed E-state index contributed by atoms with van der Waals surface area (Å²) in [6.45, 7) is 4.28. The fraction of sp³-hybridized carbons (Fsp3) is 0.211. The topological polar surface area (TPSA) is 77.3 Å². The van der Waals surface area contributed by atoms with E-state index >= 15 is 0 Å². The molecule has 0 atom stereocenters. The highest BCUT2D eigenvalue weighted by Gasteiger charge is 2.20. The maximum Gasteiger partial charge on any atom is 0.254 e. The van der Waals surface area contributed by atoms with Crippen LogP contribution >= 0.6 is 15.9 Å². The van der Waals surface area contributed by atoms with Crippen LogP contribution in [0.3, 0.4) is 0 Å². The number of aromatic nitrogens is 1. The number of benzene rings is 2. The van der Waals surface area contributed by atoms with E-state index in [9.17, 15) is 4.79 Å². The Morgan fingerprint density at radius 1 is 1.24 bits per heavy atom. The molecule has 0 spiro atoms. The monoisotopic (exact) mass is 402 g/mol. The molecule has 0 aliphatic rings. The van der Waals surface area contributed by atoms with Crippen LogP contribution < -0.4 is 15.2 Å². The minimum atomic E-state index is -0.525. The zero-order chi connectivity index (χ0) is 18.1. The van der Waals surface area contributed by atoms with Crippen molar-refractivity contribution in [2.24, 2.45) is 5.73 Å². The number of rotatable bonds is 5. The molecule has 2 aromatic carbocycles. The number of aromatic amines is 1. The van der Waals surface area contributed by atoms with Gasteiger partial charge < -0.3 is 20.2 Å². The second kappa shape index (κ2) is 6.80. The Labute approximate surface area is 154 Å². The van der Waals surface area contributed by atoms with Crippen LogP contribution in [0.1, 0.15) is 27.2 Å². The predicted octanol–water partition coefficient (Wildman–Crippen LogP) is 4.23. The van der Waals surface area contributed by atoms with Crippen molar-refractivity contribution >= 4 is 32.7 Å². The summed E-state index contributed by atoms with van der Waals surface area (Å²) in [6, 6.07) is 9.36. The number of aryl methyl sites for hydroxylation is 2. The van der Waals surface area contributed by atoms with Gasteiger partial charge in [-0.25, -0.2) is 0 Å². The lowest BCUT2D eigenvalue weighted by Crippen LogP contribution is -2.14. The number of hydrogen-bond acceptors (Lipinski definition) is 3. The third-order valence-corrected chi connectivity index (χ3v) is 4.92. The lowest BCUT2D eigenvalue weighted by atomic mass is 10.1. The van der Waals surface area contributed by atoms with Crippen LogP contribution in [0.4, 0.5) is 0 Å². The number of methoxy groups -OCH3 is 1. The smallest absolute Gasteiger partial charge is 0.254 e. The summed E-state index contributed by atoms with van der Waals surface area (Å²) in [6.07, 6.45) is 0. The first-order valence-electron chi connectivity index (χ1n) is 7.79. The minimum absolute atomic E-state index is 0.320. The summed E-state index contributed by atoms with van der Waals surface area (Å²) in [5.41, 5.74) is 9.72. The number of nitrogens with two attached hydrogens (primary N) is 1. The van der Waals surface area contributed by atoms with Gasteiger partial charge in [-0.1, -0.05) is 12.1 Å². The van der Waals surface area contributed by atoms with E-state index in [4.69, 9.17) is 15.2 Å². The van der Waals surface area contributed by atoms with Crippen LogP contribution in [-0.4, -0.2) is 18.0 Å². The molecular weight excluding hydrogens is 384 g/mol. The molecular formula is C19H19BrN2O3. The number of H-pyrrole nitrogens is 1. The zero-order valence-electron chi connectivity index (χ0n) is 14.3. The molecule has 0 unspecified atom stereocenters. The van der Waals surface area contributed by atoms with Gasteiger partial charge in [-0.2, -0.15) is 0 Å². The largest absolute Gasteiger partial charge is 0.497 e. The molecule has 0 saturated heterocycles. The molecule has 1 aromatic heterocycles. The number of halogens is 1. The molecule has 0 saturated carbocycles. The van der Waals surface area contributed by atoms with Gasteiger partial charge in [-0.3, -0.25) is 4.79 Å². The molecule has 6 heteroatoms. The lowest BCUT2D eigenvalue weighted by molar-refractivity contribution is 0.0997. The van der Waals surface area contributed by atoms with Gasteiger partial charge in [-0.15, -0.1) is 0 Å². The number of hydrogen-bond donors (Lipinski definition) is 2. The average Bonchev–Trinajstić information content (AvgIpc) is 2.88. The molecule has 5 nitrogen and oxygen atoms in total. The van der Waals surface area contributed by atoms with Crippen LogP contribution in [-0.2, 0) is 6.61 Å². The van der Waals surface area contributed by atoms with Crippen LogP contribution in [0.15, 0.2) is 34.8 Å². The molecule has 0 aliphatic carbocycles. The molecule has 25 heavy (non-hydrogen) atoms. The predicted molar refractivity (Wildman–Crippen MR) is 101 cm³/mol. The summed E-state index contributed by atoms with van der Waals surface area (Å²) < 4.78 is 11.9. The Balaban J connectivity index is 2.00. The normalized spacial score (nSPS) is 10.9. The van der Waals surface area contributed by atoms with Crippen molar-refractivity contribution in [1.82, 2.24) is 4.98 Å². The number of carbonyl (C=O) groups is 1. The number of nitrogens with one attached hydrogen (secondary N) is 1. The molecule has 0 radical (unpaired) electrons. The Hall–Kier alpha value is -2.47. The quantitative estimate of drug-likeness (QED) is 0.669. The Morgan fingerprint density at radius 2 is 1.92 bits per heavy atom. The maximum atomic E-state index is 12.1. The van der Waals surface area contributed by atoms with E-state index in [2.05, 4.69) is 20.9 Å². The van der Waals surface area contributed by atoms with Crippen molar-refractivity contribution in [3.63, 3.8) is 0 Å². The molecule has 1 amide bonds. The van der Waals surface area contributed by atoms with E-state index in [1.54, 1.807) is 13.2 Å². The fourth-order valence-electron chi connectivity index (χ4n) is 2.83. The first kappa shape index (κ1) is 17.4. The molecule has 0 aliphatic heterocycles. The first-order valence-corrected chi connectivity index (χ1v) is 8.58. The van der Waals surface area contributed by atoms with Gasteiger partial charge in [0.1, 0.15) is 23.7 Å². The average molecular weight is 403 g/mol. The maximum absolute atomic E-state index is 12.1. The summed E-state index contributed by atoms with van der Waals surface area (Å²) in [5.74, 6) is 0.704. The van der Waals surface area contributed by atoms with Crippen molar-refractivity contribution < 1.29 is 14.3 Å². The van der Waals surface area contributed by atoms with Crippen molar-refractivity contribution in [2.45, 2.75) is 20.5 Å². The second-order valence-electron chi connectivity index (χ2n) is 5.86. The molecule has 1 heterocycles. The van der Waals surface area contributed by atoms with Gasteiger partial charge in [-0.05, 0) is 59.1 Å². The number of carbonyl (C=O) groups excluding carboxylic acids is 1. The summed E-state index contributed by atoms with van der Waals surface area (Å²) in [5, 5.41) is 0.947. The standard InChI is InChI=1S/C19H19BrN2O3/c1-10-11(2)22-18-16(10)14(20)8-15(17(18)19(21)23)25-9-12-4-6-13(24-3)7-5-12/h4-8,22H,9H2,1-3H3,(H2,21,23). The molecule has 3 rings (SSSR count). The van der Waals surface area contributed by atoms with Gasteiger partial charge in [0.15, 0.2) is 0 Å². The van der Waals surface area contributed by atoms with E-state index in [0.29, 0.717) is 23.4 Å². The van der Waals surface area contributed by atoms with E-state index in [1.807, 2.05) is 38.1 Å². The Bertz CT molecular complexity index is 946. The fourth-order valence-corrected chi connectivity index (χ4v) is 3.53. The van der Waals surface area contributed by atoms with Gasteiger partial charge in [0, 0.05) is 15.6 Å². The molecule has 3 aromatic rings. The van der Waals surface area contributed by atoms with Crippen molar-refractivity contribution in [3.8, 4) is 11.5 Å². The summed E-state index contributed by atoms with van der Waals surface area (Å²) >= 11 is 3.57. The number of primary amides is 1. The third kappa shape index (κ3) is 3.22. The number of amides is 1.